The van der Waals surface area contributed by atoms with E-state index in [2.05, 4.69) is 27.7 Å². The third-order valence-electron chi connectivity index (χ3n) is 6.27. The monoisotopic (exact) mass is 456 g/mol. The van der Waals surface area contributed by atoms with Crippen LogP contribution in [0.3, 0.4) is 0 Å². The number of carbonyl (C=O) groups is 2. The van der Waals surface area contributed by atoms with Crippen molar-refractivity contribution in [1.29, 1.82) is 0 Å². The molecular weight excluding hydrogens is 408 g/mol. The second-order valence-corrected chi connectivity index (χ2v) is 9.66. The molecule has 0 heterocycles. The van der Waals surface area contributed by atoms with Gasteiger partial charge < -0.3 is 18.9 Å². The van der Waals surface area contributed by atoms with Crippen molar-refractivity contribution in [2.24, 2.45) is 11.8 Å². The van der Waals surface area contributed by atoms with Gasteiger partial charge in [-0.3, -0.25) is 0 Å². The van der Waals surface area contributed by atoms with Gasteiger partial charge in [0.2, 0.25) is 0 Å². The highest BCUT2D eigenvalue weighted by Gasteiger charge is 2.27. The Morgan fingerprint density at radius 1 is 0.750 bits per heavy atom. The zero-order chi connectivity index (χ0) is 23.6. The third kappa shape index (κ3) is 14.6. The summed E-state index contributed by atoms with van der Waals surface area (Å²) in [7, 11) is 0. The number of hydrogen-bond donors (Lipinski definition) is 0. The molecule has 0 radical (unpaired) electrons. The van der Waals surface area contributed by atoms with Gasteiger partial charge in [-0.1, -0.05) is 79.1 Å². The van der Waals surface area contributed by atoms with E-state index in [1.54, 1.807) is 0 Å². The average molecular weight is 457 g/mol. The fourth-order valence-electron chi connectivity index (χ4n) is 4.03. The lowest BCUT2D eigenvalue weighted by Gasteiger charge is -2.27. The Labute approximate surface area is 196 Å². The minimum absolute atomic E-state index is 0.159. The molecule has 1 unspecified atom stereocenters. The van der Waals surface area contributed by atoms with Gasteiger partial charge in [-0.2, -0.15) is 0 Å². The van der Waals surface area contributed by atoms with Crippen molar-refractivity contribution in [3.63, 3.8) is 0 Å². The molecule has 0 aliphatic heterocycles. The summed E-state index contributed by atoms with van der Waals surface area (Å²) in [6, 6.07) is 0. The average Bonchev–Trinajstić information content (AvgIpc) is 2.77. The Morgan fingerprint density at radius 3 is 1.88 bits per heavy atom. The molecule has 1 saturated carbocycles. The molecule has 6 nitrogen and oxygen atoms in total. The van der Waals surface area contributed by atoms with E-state index in [1.807, 2.05) is 0 Å². The number of ether oxygens (including phenoxy) is 4. The van der Waals surface area contributed by atoms with Crippen LogP contribution in [0.4, 0.5) is 9.59 Å². The lowest BCUT2D eigenvalue weighted by molar-refractivity contribution is -0.0296. The Bertz CT molecular complexity index is 485. The molecule has 0 N–H and O–H groups in total. The number of unbranched alkanes of at least 4 members (excludes halogenated alkanes) is 5. The van der Waals surface area contributed by atoms with Gasteiger partial charge in [0.15, 0.2) is 0 Å². The second kappa shape index (κ2) is 18.0. The van der Waals surface area contributed by atoms with Gasteiger partial charge in [0.1, 0.15) is 12.2 Å². The Hall–Kier alpha value is -1.46. The van der Waals surface area contributed by atoms with E-state index in [0.29, 0.717) is 44.8 Å². The van der Waals surface area contributed by atoms with Crippen LogP contribution >= 0.6 is 0 Å². The van der Waals surface area contributed by atoms with E-state index in [9.17, 15) is 9.59 Å². The maximum absolute atomic E-state index is 12.0. The fourth-order valence-corrected chi connectivity index (χ4v) is 4.03. The molecule has 0 bridgehead atoms. The lowest BCUT2D eigenvalue weighted by atomic mass is 9.95. The summed E-state index contributed by atoms with van der Waals surface area (Å²) < 4.78 is 21.4. The van der Waals surface area contributed by atoms with Crippen LogP contribution in [-0.4, -0.2) is 37.7 Å². The minimum atomic E-state index is -0.578. The first-order chi connectivity index (χ1) is 15.4. The summed E-state index contributed by atoms with van der Waals surface area (Å²) in [6.07, 6.45) is 12.6. The zero-order valence-electron chi connectivity index (χ0n) is 21.1. The molecule has 0 aromatic carbocycles. The summed E-state index contributed by atoms with van der Waals surface area (Å²) in [5.41, 5.74) is 0. The molecule has 0 amide bonds. The molecular formula is C26H48O6. The highest BCUT2D eigenvalue weighted by atomic mass is 16.7. The Balaban J connectivity index is 2.06. The highest BCUT2D eigenvalue weighted by molar-refractivity contribution is 5.60. The van der Waals surface area contributed by atoms with E-state index < -0.39 is 12.3 Å². The largest absolute Gasteiger partial charge is 0.508 e. The molecule has 6 heteroatoms. The lowest BCUT2D eigenvalue weighted by Crippen LogP contribution is -2.30. The molecule has 0 aromatic rings. The van der Waals surface area contributed by atoms with Crippen molar-refractivity contribution in [3.05, 3.63) is 0 Å². The molecule has 1 rings (SSSR count). The number of hydrogen-bond acceptors (Lipinski definition) is 6. The van der Waals surface area contributed by atoms with E-state index >= 15 is 0 Å². The maximum Gasteiger partial charge on any atom is 0.508 e. The summed E-state index contributed by atoms with van der Waals surface area (Å²) in [5.74, 6) is 1.18. The number of carbonyl (C=O) groups excluding carboxylic acids is 2. The fraction of sp³-hybridized carbons (Fsp3) is 0.923. The molecule has 0 spiro atoms. The summed E-state index contributed by atoms with van der Waals surface area (Å²) in [5, 5.41) is 0. The molecule has 32 heavy (non-hydrogen) atoms. The van der Waals surface area contributed by atoms with Crippen molar-refractivity contribution in [2.75, 3.05) is 13.2 Å². The smallest absolute Gasteiger partial charge is 0.434 e. The quantitative estimate of drug-likeness (QED) is 0.174. The Kier molecular flexibility index (Phi) is 16.1. The summed E-state index contributed by atoms with van der Waals surface area (Å²) in [6.45, 7) is 9.64. The predicted molar refractivity (Wildman–Crippen MR) is 127 cm³/mol. The highest BCUT2D eigenvalue weighted by Crippen LogP contribution is 2.24. The van der Waals surface area contributed by atoms with Gasteiger partial charge in [0.25, 0.3) is 0 Å². The molecule has 1 aliphatic rings. The molecule has 1 fully saturated rings. The van der Waals surface area contributed by atoms with Gasteiger partial charge in [0.05, 0.1) is 13.2 Å². The van der Waals surface area contributed by atoms with Crippen molar-refractivity contribution < 1.29 is 28.5 Å². The Morgan fingerprint density at radius 2 is 1.31 bits per heavy atom. The predicted octanol–water partition coefficient (Wildman–Crippen LogP) is 7.82. The van der Waals surface area contributed by atoms with Crippen molar-refractivity contribution >= 4 is 12.3 Å². The molecule has 1 aliphatic carbocycles. The van der Waals surface area contributed by atoms with E-state index in [4.69, 9.17) is 18.9 Å². The standard InChI is InChI=1S/C26H48O6/c1-5-7-14-22(6-2)20-30-26(28)32-24-17-15-23(16-18-24)31-25(27)29-19-12-10-8-9-11-13-21(3)4/h21-24H,5-20H2,1-4H3. The van der Waals surface area contributed by atoms with Crippen molar-refractivity contribution in [2.45, 2.75) is 130 Å². The van der Waals surface area contributed by atoms with Gasteiger partial charge in [-0.25, -0.2) is 9.59 Å². The third-order valence-corrected chi connectivity index (χ3v) is 6.27. The zero-order valence-corrected chi connectivity index (χ0v) is 21.1. The van der Waals surface area contributed by atoms with Crippen LogP contribution < -0.4 is 0 Å². The second-order valence-electron chi connectivity index (χ2n) is 9.66. The van der Waals surface area contributed by atoms with Crippen LogP contribution in [0.25, 0.3) is 0 Å². The first kappa shape index (κ1) is 28.6. The van der Waals surface area contributed by atoms with Crippen LogP contribution in [0.5, 0.6) is 0 Å². The molecule has 188 valence electrons. The molecule has 0 aromatic heterocycles. The van der Waals surface area contributed by atoms with E-state index in [-0.39, 0.29) is 12.2 Å². The van der Waals surface area contributed by atoms with E-state index in [0.717, 1.165) is 44.4 Å². The van der Waals surface area contributed by atoms with Crippen LogP contribution in [0.2, 0.25) is 0 Å². The van der Waals surface area contributed by atoms with Gasteiger partial charge in [-0.15, -0.1) is 0 Å². The van der Waals surface area contributed by atoms with Gasteiger partial charge in [0, 0.05) is 0 Å². The summed E-state index contributed by atoms with van der Waals surface area (Å²) >= 11 is 0. The topological polar surface area (TPSA) is 71.1 Å². The molecule has 1 atom stereocenters. The van der Waals surface area contributed by atoms with E-state index in [1.165, 1.54) is 25.7 Å². The minimum Gasteiger partial charge on any atom is -0.434 e. The normalized spacial score (nSPS) is 19.4. The van der Waals surface area contributed by atoms with Gasteiger partial charge >= 0.3 is 12.3 Å². The van der Waals surface area contributed by atoms with Crippen molar-refractivity contribution in [3.8, 4) is 0 Å². The summed E-state index contributed by atoms with van der Waals surface area (Å²) in [4.78, 5) is 23.9. The SMILES string of the molecule is CCCCC(CC)COC(=O)OC1CCC(OC(=O)OCCCCCCCC(C)C)CC1. The van der Waals surface area contributed by atoms with Gasteiger partial charge in [-0.05, 0) is 50.4 Å². The first-order valence-corrected chi connectivity index (χ1v) is 13.1. The van der Waals surface area contributed by atoms with Crippen LogP contribution in [0.1, 0.15) is 118 Å². The maximum atomic E-state index is 12.0. The van der Waals surface area contributed by atoms with Crippen LogP contribution in [-0.2, 0) is 18.9 Å². The van der Waals surface area contributed by atoms with Crippen LogP contribution in [0, 0.1) is 11.8 Å². The van der Waals surface area contributed by atoms with Crippen molar-refractivity contribution in [1.82, 2.24) is 0 Å². The first-order valence-electron chi connectivity index (χ1n) is 13.1. The number of rotatable bonds is 16. The van der Waals surface area contributed by atoms with Crippen LogP contribution in [0.15, 0.2) is 0 Å². The molecule has 0 saturated heterocycles.